The van der Waals surface area contributed by atoms with E-state index < -0.39 is 0 Å². The number of pyridine rings is 1. The fourth-order valence-electron chi connectivity index (χ4n) is 2.05. The van der Waals surface area contributed by atoms with Crippen molar-refractivity contribution in [2.75, 3.05) is 17.6 Å². The van der Waals surface area contributed by atoms with E-state index in [1.807, 2.05) is 18.2 Å². The molecule has 0 fully saturated rings. The molecule has 20 heavy (non-hydrogen) atoms. The monoisotopic (exact) mass is 285 g/mol. The molecule has 0 amide bonds. The number of fused-ring (bicyclic) bond motifs is 1. The molecule has 3 rings (SSSR count). The van der Waals surface area contributed by atoms with Crippen LogP contribution in [0.4, 0.5) is 11.8 Å². The zero-order valence-corrected chi connectivity index (χ0v) is 11.9. The van der Waals surface area contributed by atoms with Gasteiger partial charge in [0.2, 0.25) is 5.95 Å². The lowest BCUT2D eigenvalue weighted by Gasteiger charge is -2.07. The van der Waals surface area contributed by atoms with Crippen LogP contribution in [-0.2, 0) is 6.42 Å². The minimum absolute atomic E-state index is 0.305. The van der Waals surface area contributed by atoms with Crippen molar-refractivity contribution in [1.29, 1.82) is 0 Å². The Morgan fingerprint density at radius 3 is 3.00 bits per heavy atom. The molecule has 0 unspecified atom stereocenters. The summed E-state index contributed by atoms with van der Waals surface area (Å²) >= 11 is 1.63. The van der Waals surface area contributed by atoms with Crippen molar-refractivity contribution >= 4 is 33.3 Å². The zero-order chi connectivity index (χ0) is 13.9. The number of rotatable bonds is 4. The molecule has 3 aromatic heterocycles. The first kappa shape index (κ1) is 12.8. The van der Waals surface area contributed by atoms with Gasteiger partial charge in [-0.2, -0.15) is 4.98 Å². The van der Waals surface area contributed by atoms with Crippen molar-refractivity contribution in [3.05, 3.63) is 41.0 Å². The van der Waals surface area contributed by atoms with Crippen LogP contribution in [0.2, 0.25) is 0 Å². The first-order valence-electron chi connectivity index (χ1n) is 6.40. The molecule has 0 radical (unpaired) electrons. The van der Waals surface area contributed by atoms with Crippen molar-refractivity contribution in [3.63, 3.8) is 0 Å². The molecule has 0 saturated carbocycles. The van der Waals surface area contributed by atoms with Crippen molar-refractivity contribution in [1.82, 2.24) is 15.0 Å². The van der Waals surface area contributed by atoms with Gasteiger partial charge in [0.1, 0.15) is 10.6 Å². The van der Waals surface area contributed by atoms with E-state index in [0.717, 1.165) is 34.7 Å². The highest BCUT2D eigenvalue weighted by Crippen LogP contribution is 2.28. The van der Waals surface area contributed by atoms with E-state index in [2.05, 4.69) is 33.3 Å². The number of hydrogen-bond donors (Lipinski definition) is 2. The molecule has 102 valence electrons. The summed E-state index contributed by atoms with van der Waals surface area (Å²) in [6.07, 6.45) is 2.65. The number of anilines is 2. The summed E-state index contributed by atoms with van der Waals surface area (Å²) in [7, 11) is 0. The van der Waals surface area contributed by atoms with Crippen LogP contribution < -0.4 is 11.1 Å². The predicted molar refractivity (Wildman–Crippen MR) is 83.0 cm³/mol. The summed E-state index contributed by atoms with van der Waals surface area (Å²) in [4.78, 5) is 15.0. The van der Waals surface area contributed by atoms with Gasteiger partial charge in [-0.05, 0) is 25.1 Å². The zero-order valence-electron chi connectivity index (χ0n) is 11.1. The van der Waals surface area contributed by atoms with Gasteiger partial charge in [-0.25, -0.2) is 4.98 Å². The van der Waals surface area contributed by atoms with Crippen LogP contribution in [0.15, 0.2) is 30.5 Å². The topological polar surface area (TPSA) is 76.7 Å². The van der Waals surface area contributed by atoms with Crippen molar-refractivity contribution in [2.24, 2.45) is 0 Å². The van der Waals surface area contributed by atoms with E-state index in [1.54, 1.807) is 17.5 Å². The van der Waals surface area contributed by atoms with Gasteiger partial charge in [0.15, 0.2) is 0 Å². The number of hydrogen-bond acceptors (Lipinski definition) is 6. The molecular formula is C14H15N5S. The normalized spacial score (nSPS) is 10.8. The first-order chi connectivity index (χ1) is 9.72. The molecule has 0 aliphatic carbocycles. The van der Waals surface area contributed by atoms with Gasteiger partial charge in [0.05, 0.1) is 5.39 Å². The van der Waals surface area contributed by atoms with Gasteiger partial charge in [0.25, 0.3) is 0 Å². The van der Waals surface area contributed by atoms with Crippen LogP contribution in [0, 0.1) is 6.92 Å². The summed E-state index contributed by atoms with van der Waals surface area (Å²) in [5.41, 5.74) is 6.80. The number of nitrogens with two attached hydrogens (primary N) is 1. The van der Waals surface area contributed by atoms with Crippen LogP contribution >= 0.6 is 11.3 Å². The predicted octanol–water partition coefficient (Wildman–Crippen LogP) is 2.63. The van der Waals surface area contributed by atoms with E-state index in [9.17, 15) is 0 Å². The third kappa shape index (κ3) is 2.70. The van der Waals surface area contributed by atoms with Crippen LogP contribution in [0.3, 0.4) is 0 Å². The lowest BCUT2D eigenvalue weighted by molar-refractivity contribution is 0.955. The number of aryl methyl sites for hydroxylation is 1. The molecule has 6 heteroatoms. The summed E-state index contributed by atoms with van der Waals surface area (Å²) in [6.45, 7) is 2.82. The van der Waals surface area contributed by atoms with E-state index >= 15 is 0 Å². The van der Waals surface area contributed by atoms with Crippen LogP contribution in [0.1, 0.15) is 10.6 Å². The van der Waals surface area contributed by atoms with Gasteiger partial charge >= 0.3 is 0 Å². The highest BCUT2D eigenvalue weighted by molar-refractivity contribution is 7.18. The van der Waals surface area contributed by atoms with Gasteiger partial charge in [0, 0.05) is 29.7 Å². The number of nitrogen functional groups attached to an aromatic ring is 1. The Hall–Kier alpha value is -2.21. The lowest BCUT2D eigenvalue weighted by Crippen LogP contribution is -2.08. The highest BCUT2D eigenvalue weighted by Gasteiger charge is 2.08. The molecule has 0 atom stereocenters. The smallest absolute Gasteiger partial charge is 0.223 e. The van der Waals surface area contributed by atoms with Crippen molar-refractivity contribution < 1.29 is 0 Å². The third-order valence-electron chi connectivity index (χ3n) is 2.93. The Bertz CT molecular complexity index is 723. The Morgan fingerprint density at radius 2 is 2.20 bits per heavy atom. The second kappa shape index (κ2) is 5.42. The van der Waals surface area contributed by atoms with E-state index in [4.69, 9.17) is 5.73 Å². The molecule has 0 aromatic carbocycles. The van der Waals surface area contributed by atoms with E-state index in [1.165, 1.54) is 4.88 Å². The first-order valence-corrected chi connectivity index (χ1v) is 7.21. The molecular weight excluding hydrogens is 270 g/mol. The van der Waals surface area contributed by atoms with Crippen molar-refractivity contribution in [2.45, 2.75) is 13.3 Å². The molecule has 3 aromatic rings. The van der Waals surface area contributed by atoms with Crippen LogP contribution in [-0.4, -0.2) is 21.5 Å². The maximum Gasteiger partial charge on any atom is 0.223 e. The van der Waals surface area contributed by atoms with E-state index in [0.29, 0.717) is 5.95 Å². The standard InChI is InChI=1S/C14H15N5S/c1-9-8-11-12(18-14(15)19-13(11)20-9)17-7-5-10-4-2-3-6-16-10/h2-4,6,8H,5,7H2,1H3,(H3,15,17,18,19). The third-order valence-corrected chi connectivity index (χ3v) is 3.88. The maximum atomic E-state index is 5.75. The second-order valence-electron chi connectivity index (χ2n) is 4.50. The summed E-state index contributed by atoms with van der Waals surface area (Å²) in [5.74, 6) is 1.10. The van der Waals surface area contributed by atoms with Gasteiger partial charge in [-0.1, -0.05) is 6.07 Å². The fraction of sp³-hybridized carbons (Fsp3) is 0.214. The van der Waals surface area contributed by atoms with Crippen LogP contribution in [0.5, 0.6) is 0 Å². The molecule has 0 aliphatic rings. The minimum atomic E-state index is 0.305. The minimum Gasteiger partial charge on any atom is -0.369 e. The molecule has 3 heterocycles. The van der Waals surface area contributed by atoms with Crippen molar-refractivity contribution in [3.8, 4) is 0 Å². The lowest BCUT2D eigenvalue weighted by atomic mass is 10.2. The Morgan fingerprint density at radius 1 is 1.30 bits per heavy atom. The number of thiophene rings is 1. The summed E-state index contributed by atoms with van der Waals surface area (Å²) in [6, 6.07) is 8.01. The average Bonchev–Trinajstić information content (AvgIpc) is 2.80. The molecule has 0 saturated heterocycles. The average molecular weight is 285 g/mol. The quantitative estimate of drug-likeness (QED) is 0.770. The molecule has 5 nitrogen and oxygen atoms in total. The van der Waals surface area contributed by atoms with Gasteiger partial charge < -0.3 is 11.1 Å². The second-order valence-corrected chi connectivity index (χ2v) is 5.74. The number of aromatic nitrogens is 3. The SMILES string of the molecule is Cc1cc2c(NCCc3ccccn3)nc(N)nc2s1. The largest absolute Gasteiger partial charge is 0.369 e. The Labute approximate surface area is 120 Å². The Balaban J connectivity index is 1.77. The van der Waals surface area contributed by atoms with Gasteiger partial charge in [-0.15, -0.1) is 11.3 Å². The van der Waals surface area contributed by atoms with Gasteiger partial charge in [-0.3, -0.25) is 4.98 Å². The molecule has 0 spiro atoms. The Kier molecular flexibility index (Phi) is 3.47. The summed E-state index contributed by atoms with van der Waals surface area (Å²) in [5, 5.41) is 4.36. The number of nitrogens with zero attached hydrogens (tertiary/aromatic N) is 3. The van der Waals surface area contributed by atoms with Crippen LogP contribution in [0.25, 0.3) is 10.2 Å². The number of nitrogens with one attached hydrogen (secondary N) is 1. The molecule has 3 N–H and O–H groups in total. The van der Waals surface area contributed by atoms with E-state index in [-0.39, 0.29) is 0 Å². The maximum absolute atomic E-state index is 5.75. The molecule has 0 aliphatic heterocycles. The highest BCUT2D eigenvalue weighted by atomic mass is 32.1. The summed E-state index contributed by atoms with van der Waals surface area (Å²) < 4.78 is 0. The molecule has 0 bridgehead atoms. The fourth-order valence-corrected chi connectivity index (χ4v) is 2.93.